The Hall–Kier alpha value is -0.780. The molecular weight excluding hydrogens is 293 g/mol. The van der Waals surface area contributed by atoms with E-state index >= 15 is 0 Å². The fourth-order valence-corrected chi connectivity index (χ4v) is 2.41. The summed E-state index contributed by atoms with van der Waals surface area (Å²) >= 11 is 4.72. The average Bonchev–Trinajstić information content (AvgIpc) is 2.76. The van der Waals surface area contributed by atoms with Gasteiger partial charge in [-0.25, -0.2) is 4.39 Å². The lowest BCUT2D eigenvalue weighted by Crippen LogP contribution is -2.00. The molecule has 0 amide bonds. The van der Waals surface area contributed by atoms with Crippen molar-refractivity contribution in [2.45, 2.75) is 12.5 Å². The van der Waals surface area contributed by atoms with Gasteiger partial charge in [0.05, 0.1) is 16.5 Å². The summed E-state index contributed by atoms with van der Waals surface area (Å²) in [5.74, 6) is -0.297. The smallest absolute Gasteiger partial charge is 0.123 e. The van der Waals surface area contributed by atoms with Crippen molar-refractivity contribution >= 4 is 27.3 Å². The fraction of sp³-hybridized carbons (Fsp3) is 0.182. The third-order valence-electron chi connectivity index (χ3n) is 2.20. The van der Waals surface area contributed by atoms with Crippen LogP contribution in [0.4, 0.5) is 4.39 Å². The van der Waals surface area contributed by atoms with Crippen LogP contribution >= 0.6 is 27.3 Å². The molecule has 0 fully saturated rings. The van der Waals surface area contributed by atoms with Crippen molar-refractivity contribution in [1.29, 1.82) is 0 Å². The molecule has 5 heteroatoms. The molecule has 1 unspecified atom stereocenters. The van der Waals surface area contributed by atoms with Gasteiger partial charge in [-0.15, -0.1) is 11.3 Å². The zero-order chi connectivity index (χ0) is 11.5. The van der Waals surface area contributed by atoms with Gasteiger partial charge in [0.1, 0.15) is 5.82 Å². The third kappa shape index (κ3) is 2.66. The van der Waals surface area contributed by atoms with Crippen LogP contribution < -0.4 is 0 Å². The minimum absolute atomic E-state index is 0.297. The van der Waals surface area contributed by atoms with Gasteiger partial charge < -0.3 is 5.11 Å². The molecular formula is C11H9BrFNOS. The second-order valence-electron chi connectivity index (χ2n) is 3.36. The van der Waals surface area contributed by atoms with Crippen molar-refractivity contribution in [3.63, 3.8) is 0 Å². The molecule has 0 spiro atoms. The van der Waals surface area contributed by atoms with Gasteiger partial charge in [0.25, 0.3) is 0 Å². The highest BCUT2D eigenvalue weighted by Crippen LogP contribution is 2.26. The van der Waals surface area contributed by atoms with Crippen LogP contribution in [0, 0.1) is 5.82 Å². The van der Waals surface area contributed by atoms with E-state index in [0.29, 0.717) is 6.42 Å². The molecule has 0 bridgehead atoms. The van der Waals surface area contributed by atoms with Crippen molar-refractivity contribution in [3.8, 4) is 0 Å². The highest BCUT2D eigenvalue weighted by atomic mass is 79.9. The lowest BCUT2D eigenvalue weighted by Gasteiger charge is -2.09. The number of nitrogens with zero attached hydrogens (tertiary/aromatic N) is 1. The van der Waals surface area contributed by atoms with Crippen molar-refractivity contribution in [1.82, 2.24) is 4.98 Å². The third-order valence-corrected chi connectivity index (χ3v) is 3.85. The van der Waals surface area contributed by atoms with Gasteiger partial charge in [-0.3, -0.25) is 4.98 Å². The molecule has 1 N–H and O–H groups in total. The molecule has 2 nitrogen and oxygen atoms in total. The quantitative estimate of drug-likeness (QED) is 0.943. The molecule has 0 aliphatic rings. The van der Waals surface area contributed by atoms with Crippen LogP contribution in [0.3, 0.4) is 0 Å². The average molecular weight is 302 g/mol. The van der Waals surface area contributed by atoms with E-state index < -0.39 is 6.10 Å². The van der Waals surface area contributed by atoms with Crippen molar-refractivity contribution in [2.24, 2.45) is 0 Å². The SMILES string of the molecule is OC(Cc1cc(F)ccc1Br)c1cncs1. The van der Waals surface area contributed by atoms with Gasteiger partial charge in [0.2, 0.25) is 0 Å². The Morgan fingerprint density at radius 1 is 1.50 bits per heavy atom. The van der Waals surface area contributed by atoms with Crippen molar-refractivity contribution in [3.05, 3.63) is 50.6 Å². The van der Waals surface area contributed by atoms with Crippen LogP contribution in [0.5, 0.6) is 0 Å². The Bertz CT molecular complexity index is 475. The number of aliphatic hydroxyl groups is 1. The molecule has 1 aromatic heterocycles. The predicted octanol–water partition coefficient (Wildman–Crippen LogP) is 3.32. The molecule has 0 aliphatic heterocycles. The molecule has 0 aliphatic carbocycles. The van der Waals surface area contributed by atoms with Gasteiger partial charge in [-0.1, -0.05) is 15.9 Å². The summed E-state index contributed by atoms with van der Waals surface area (Å²) in [7, 11) is 0. The van der Waals surface area contributed by atoms with Crippen LogP contribution in [0.15, 0.2) is 34.4 Å². The summed E-state index contributed by atoms with van der Waals surface area (Å²) < 4.78 is 13.8. The van der Waals surface area contributed by atoms with E-state index in [2.05, 4.69) is 20.9 Å². The Labute approximate surface area is 105 Å². The summed E-state index contributed by atoms with van der Waals surface area (Å²) in [5, 5.41) is 9.91. The minimum atomic E-state index is -0.634. The second-order valence-corrected chi connectivity index (χ2v) is 5.13. The normalized spacial score (nSPS) is 12.7. The molecule has 2 aromatic rings. The standard InChI is InChI=1S/C11H9BrFNOS/c12-9-2-1-8(13)3-7(9)4-10(15)11-5-14-6-16-11/h1-3,5-6,10,15H,4H2. The van der Waals surface area contributed by atoms with E-state index in [1.807, 2.05) is 0 Å². The first-order chi connectivity index (χ1) is 7.66. The van der Waals surface area contributed by atoms with Gasteiger partial charge in [-0.2, -0.15) is 0 Å². The number of hydrogen-bond donors (Lipinski definition) is 1. The highest BCUT2D eigenvalue weighted by molar-refractivity contribution is 9.10. The Kier molecular flexibility index (Phi) is 3.68. The summed E-state index contributed by atoms with van der Waals surface area (Å²) in [6, 6.07) is 4.45. The number of benzene rings is 1. The first-order valence-electron chi connectivity index (χ1n) is 4.67. The summed E-state index contributed by atoms with van der Waals surface area (Å²) in [6.07, 6.45) is 1.37. The van der Waals surface area contributed by atoms with Gasteiger partial charge >= 0.3 is 0 Å². The Morgan fingerprint density at radius 2 is 2.31 bits per heavy atom. The molecule has 16 heavy (non-hydrogen) atoms. The van der Waals surface area contributed by atoms with Gasteiger partial charge in [0, 0.05) is 17.1 Å². The zero-order valence-electron chi connectivity index (χ0n) is 8.23. The number of aromatic nitrogens is 1. The molecule has 1 atom stereocenters. The van der Waals surface area contributed by atoms with E-state index in [-0.39, 0.29) is 5.82 Å². The summed E-state index contributed by atoms with van der Waals surface area (Å²) in [5.41, 5.74) is 2.42. The largest absolute Gasteiger partial charge is 0.387 e. The molecule has 0 radical (unpaired) electrons. The first-order valence-corrected chi connectivity index (χ1v) is 6.34. The monoisotopic (exact) mass is 301 g/mol. The molecule has 2 rings (SSSR count). The summed E-state index contributed by atoms with van der Waals surface area (Å²) in [4.78, 5) is 4.69. The minimum Gasteiger partial charge on any atom is -0.387 e. The van der Waals surface area contributed by atoms with Gasteiger partial charge in [0.15, 0.2) is 0 Å². The topological polar surface area (TPSA) is 33.1 Å². The zero-order valence-corrected chi connectivity index (χ0v) is 10.6. The Balaban J connectivity index is 2.17. The van der Waals surface area contributed by atoms with Crippen LogP contribution in [0.25, 0.3) is 0 Å². The van der Waals surface area contributed by atoms with Gasteiger partial charge in [-0.05, 0) is 23.8 Å². The van der Waals surface area contributed by atoms with Crippen molar-refractivity contribution < 1.29 is 9.50 Å². The maximum Gasteiger partial charge on any atom is 0.123 e. The number of halogens is 2. The fourth-order valence-electron chi connectivity index (χ4n) is 1.40. The summed E-state index contributed by atoms with van der Waals surface area (Å²) in [6.45, 7) is 0. The predicted molar refractivity (Wildman–Crippen MR) is 64.9 cm³/mol. The van der Waals surface area contributed by atoms with Crippen LogP contribution in [0.2, 0.25) is 0 Å². The first kappa shape index (κ1) is 11.7. The Morgan fingerprint density at radius 3 is 3.00 bits per heavy atom. The van der Waals surface area contributed by atoms with E-state index in [9.17, 15) is 9.50 Å². The number of aliphatic hydroxyl groups excluding tert-OH is 1. The van der Waals surface area contributed by atoms with E-state index in [0.717, 1.165) is 14.9 Å². The molecule has 0 saturated heterocycles. The highest BCUT2D eigenvalue weighted by Gasteiger charge is 2.12. The van der Waals surface area contributed by atoms with E-state index in [4.69, 9.17) is 0 Å². The number of thiazole rings is 1. The molecule has 0 saturated carbocycles. The number of rotatable bonds is 3. The lowest BCUT2D eigenvalue weighted by atomic mass is 10.1. The maximum atomic E-state index is 13.0. The van der Waals surface area contributed by atoms with Crippen LogP contribution in [-0.2, 0) is 6.42 Å². The van der Waals surface area contributed by atoms with E-state index in [1.165, 1.54) is 23.5 Å². The second kappa shape index (κ2) is 5.03. The van der Waals surface area contributed by atoms with Crippen LogP contribution in [0.1, 0.15) is 16.5 Å². The van der Waals surface area contributed by atoms with Crippen molar-refractivity contribution in [2.75, 3.05) is 0 Å². The maximum absolute atomic E-state index is 13.0. The number of hydrogen-bond acceptors (Lipinski definition) is 3. The molecule has 1 aromatic carbocycles. The molecule has 84 valence electrons. The van der Waals surface area contributed by atoms with E-state index in [1.54, 1.807) is 17.8 Å². The lowest BCUT2D eigenvalue weighted by molar-refractivity contribution is 0.182. The molecule has 1 heterocycles. The van der Waals surface area contributed by atoms with Crippen LogP contribution in [-0.4, -0.2) is 10.1 Å².